The molecule has 3 heteroatoms. The molecule has 0 bridgehead atoms. The molecule has 1 heterocycles. The molecule has 20 heavy (non-hydrogen) atoms. The maximum Gasteiger partial charge on any atom is 0.0613 e. The highest BCUT2D eigenvalue weighted by molar-refractivity contribution is 4.78. The molecule has 1 rings (SSSR count). The van der Waals surface area contributed by atoms with Gasteiger partial charge in [-0.05, 0) is 62.4 Å². The van der Waals surface area contributed by atoms with E-state index in [2.05, 4.69) is 33.0 Å². The van der Waals surface area contributed by atoms with Crippen molar-refractivity contribution >= 4 is 0 Å². The smallest absolute Gasteiger partial charge is 0.0613 e. The Morgan fingerprint density at radius 2 is 2.05 bits per heavy atom. The van der Waals surface area contributed by atoms with E-state index in [4.69, 9.17) is 10.5 Å². The Kier molecular flexibility index (Phi) is 8.08. The Bertz CT molecular complexity index is 250. The predicted octanol–water partition coefficient (Wildman–Crippen LogP) is 3.18. The second-order valence-electron chi connectivity index (χ2n) is 7.35. The van der Waals surface area contributed by atoms with Gasteiger partial charge in [0.05, 0.1) is 6.10 Å². The molecule has 120 valence electrons. The van der Waals surface area contributed by atoms with E-state index in [0.717, 1.165) is 50.9 Å². The molecule has 0 aromatic rings. The van der Waals surface area contributed by atoms with Crippen LogP contribution in [0.5, 0.6) is 0 Å². The first-order chi connectivity index (χ1) is 9.49. The van der Waals surface area contributed by atoms with Crippen molar-refractivity contribution in [1.29, 1.82) is 0 Å². The fourth-order valence-electron chi connectivity index (χ4n) is 3.35. The Hall–Kier alpha value is -0.120. The van der Waals surface area contributed by atoms with Crippen LogP contribution in [-0.4, -0.2) is 32.3 Å². The molecule has 0 aromatic heterocycles. The average molecular weight is 284 g/mol. The second kappa shape index (κ2) is 9.01. The van der Waals surface area contributed by atoms with E-state index in [1.165, 1.54) is 19.3 Å². The van der Waals surface area contributed by atoms with Crippen molar-refractivity contribution in [3.63, 3.8) is 0 Å². The summed E-state index contributed by atoms with van der Waals surface area (Å²) in [4.78, 5) is 0. The van der Waals surface area contributed by atoms with Crippen LogP contribution in [0.3, 0.4) is 0 Å². The minimum atomic E-state index is 0.381. The summed E-state index contributed by atoms with van der Waals surface area (Å²) in [5, 5.41) is 3.63. The third-order valence-electron chi connectivity index (χ3n) is 4.80. The lowest BCUT2D eigenvalue weighted by Gasteiger charge is -2.30. The molecule has 1 saturated heterocycles. The zero-order chi connectivity index (χ0) is 15.0. The minimum Gasteiger partial charge on any atom is -0.378 e. The summed E-state index contributed by atoms with van der Waals surface area (Å²) in [6.45, 7) is 13.2. The van der Waals surface area contributed by atoms with Gasteiger partial charge in [-0.1, -0.05) is 27.7 Å². The van der Waals surface area contributed by atoms with Gasteiger partial charge in [0.2, 0.25) is 0 Å². The Morgan fingerprint density at radius 1 is 1.30 bits per heavy atom. The van der Waals surface area contributed by atoms with Crippen LogP contribution in [0.1, 0.15) is 59.8 Å². The Balaban J connectivity index is 2.14. The third kappa shape index (κ3) is 6.11. The lowest BCUT2D eigenvalue weighted by Crippen LogP contribution is -2.30. The lowest BCUT2D eigenvalue weighted by atomic mass is 9.76. The van der Waals surface area contributed by atoms with E-state index in [1.54, 1.807) is 0 Å². The monoisotopic (exact) mass is 284 g/mol. The van der Waals surface area contributed by atoms with Crippen molar-refractivity contribution in [3.05, 3.63) is 0 Å². The first kappa shape index (κ1) is 17.9. The van der Waals surface area contributed by atoms with Gasteiger partial charge in [-0.25, -0.2) is 0 Å². The number of ether oxygens (including phenoxy) is 1. The van der Waals surface area contributed by atoms with Gasteiger partial charge >= 0.3 is 0 Å². The quantitative estimate of drug-likeness (QED) is 0.639. The molecule has 0 aliphatic carbocycles. The molecule has 0 amide bonds. The zero-order valence-electron chi connectivity index (χ0n) is 14.1. The van der Waals surface area contributed by atoms with Crippen molar-refractivity contribution in [1.82, 2.24) is 5.32 Å². The van der Waals surface area contributed by atoms with E-state index in [0.29, 0.717) is 11.5 Å². The minimum absolute atomic E-state index is 0.381. The second-order valence-corrected chi connectivity index (χ2v) is 7.35. The van der Waals surface area contributed by atoms with E-state index in [1.807, 2.05) is 0 Å². The summed E-state index contributed by atoms with van der Waals surface area (Å²) in [6.07, 6.45) is 6.55. The Morgan fingerprint density at radius 3 is 2.65 bits per heavy atom. The molecule has 1 aliphatic rings. The third-order valence-corrected chi connectivity index (χ3v) is 4.80. The average Bonchev–Trinajstić information content (AvgIpc) is 2.83. The lowest BCUT2D eigenvalue weighted by molar-refractivity contribution is 0.0872. The summed E-state index contributed by atoms with van der Waals surface area (Å²) in [7, 11) is 0. The highest BCUT2D eigenvalue weighted by atomic mass is 16.5. The van der Waals surface area contributed by atoms with Crippen molar-refractivity contribution in [3.8, 4) is 0 Å². The summed E-state index contributed by atoms with van der Waals surface area (Å²) in [5.74, 6) is 1.47. The molecule has 1 fully saturated rings. The zero-order valence-corrected chi connectivity index (χ0v) is 14.1. The first-order valence-corrected chi connectivity index (χ1v) is 8.51. The number of hydrogen-bond donors (Lipinski definition) is 2. The molecule has 3 unspecified atom stereocenters. The van der Waals surface area contributed by atoms with E-state index in [9.17, 15) is 0 Å². The molecule has 3 nitrogen and oxygen atoms in total. The van der Waals surface area contributed by atoms with Crippen LogP contribution < -0.4 is 11.1 Å². The van der Waals surface area contributed by atoms with Crippen molar-refractivity contribution < 1.29 is 4.74 Å². The molecule has 3 N–H and O–H groups in total. The molecule has 0 saturated carbocycles. The van der Waals surface area contributed by atoms with Gasteiger partial charge in [0, 0.05) is 13.2 Å². The first-order valence-electron chi connectivity index (χ1n) is 8.51. The summed E-state index contributed by atoms with van der Waals surface area (Å²) in [5.41, 5.74) is 6.12. The van der Waals surface area contributed by atoms with Gasteiger partial charge in [-0.2, -0.15) is 0 Å². The van der Waals surface area contributed by atoms with Crippen molar-refractivity contribution in [2.45, 2.75) is 65.9 Å². The van der Waals surface area contributed by atoms with Gasteiger partial charge < -0.3 is 15.8 Å². The fraction of sp³-hybridized carbons (Fsp3) is 1.00. The maximum absolute atomic E-state index is 5.74. The highest BCUT2D eigenvalue weighted by Gasteiger charge is 2.26. The van der Waals surface area contributed by atoms with Crippen LogP contribution in [0.15, 0.2) is 0 Å². The largest absolute Gasteiger partial charge is 0.378 e. The number of nitrogens with two attached hydrogens (primary N) is 1. The molecule has 0 radical (unpaired) electrons. The molecular formula is C17H36N2O. The van der Waals surface area contributed by atoms with Crippen LogP contribution in [-0.2, 0) is 4.74 Å². The van der Waals surface area contributed by atoms with Crippen molar-refractivity contribution in [2.24, 2.45) is 23.0 Å². The maximum atomic E-state index is 5.74. The Labute approximate surface area is 126 Å². The van der Waals surface area contributed by atoms with Crippen LogP contribution in [0.25, 0.3) is 0 Å². The summed E-state index contributed by atoms with van der Waals surface area (Å²) < 4.78 is 5.73. The molecule has 0 spiro atoms. The van der Waals surface area contributed by atoms with Crippen LogP contribution in [0.2, 0.25) is 0 Å². The van der Waals surface area contributed by atoms with Gasteiger partial charge in [-0.15, -0.1) is 0 Å². The van der Waals surface area contributed by atoms with E-state index >= 15 is 0 Å². The number of hydrogen-bond acceptors (Lipinski definition) is 3. The van der Waals surface area contributed by atoms with Crippen LogP contribution in [0, 0.1) is 17.3 Å². The summed E-state index contributed by atoms with van der Waals surface area (Å²) >= 11 is 0. The molecule has 0 aromatic carbocycles. The van der Waals surface area contributed by atoms with E-state index in [-0.39, 0.29) is 0 Å². The van der Waals surface area contributed by atoms with Gasteiger partial charge in [0.25, 0.3) is 0 Å². The molecule has 3 atom stereocenters. The molecule has 1 aliphatic heterocycles. The predicted molar refractivity (Wildman–Crippen MR) is 86.9 cm³/mol. The van der Waals surface area contributed by atoms with Gasteiger partial charge in [0.1, 0.15) is 0 Å². The topological polar surface area (TPSA) is 47.3 Å². The number of nitrogens with one attached hydrogen (secondary N) is 1. The van der Waals surface area contributed by atoms with Crippen molar-refractivity contribution in [2.75, 3.05) is 26.2 Å². The van der Waals surface area contributed by atoms with Gasteiger partial charge in [-0.3, -0.25) is 0 Å². The molecular weight excluding hydrogens is 248 g/mol. The van der Waals surface area contributed by atoms with E-state index < -0.39 is 0 Å². The summed E-state index contributed by atoms with van der Waals surface area (Å²) in [6, 6.07) is 0. The normalized spacial score (nSPS) is 25.1. The standard InChI is InChI=1S/C17H36N2O/c1-5-16-14(9-12-20-16)13-19-11-6-7-15(8-10-18)17(2,3)4/h14-16,19H,5-13,18H2,1-4H3. The van der Waals surface area contributed by atoms with Gasteiger partial charge in [0.15, 0.2) is 0 Å². The van der Waals surface area contributed by atoms with Crippen LogP contribution in [0.4, 0.5) is 0 Å². The van der Waals surface area contributed by atoms with Crippen LogP contribution >= 0.6 is 0 Å². The number of rotatable bonds is 9. The SMILES string of the molecule is CCC1OCCC1CNCCCC(CCN)C(C)(C)C. The highest BCUT2D eigenvalue weighted by Crippen LogP contribution is 2.31. The fourth-order valence-corrected chi connectivity index (χ4v) is 3.35.